The Morgan fingerprint density at radius 1 is 1.15 bits per heavy atom. The van der Waals surface area contributed by atoms with Gasteiger partial charge in [0.1, 0.15) is 0 Å². The molecule has 0 aliphatic carbocycles. The zero-order valence-corrected chi connectivity index (χ0v) is 10.2. The molecule has 2 heterocycles. The fraction of sp³-hybridized carbons (Fsp3) is 0.0833. The number of H-pyrrole nitrogens is 2. The fourth-order valence-corrected chi connectivity index (χ4v) is 1.98. The number of hydrogen-bond acceptors (Lipinski definition) is 5. The number of benzene rings is 1. The van der Waals surface area contributed by atoms with Gasteiger partial charge in [-0.15, -0.1) is 0 Å². The monoisotopic (exact) mass is 272 g/mol. The molecule has 0 saturated carbocycles. The van der Waals surface area contributed by atoms with E-state index in [0.29, 0.717) is 11.1 Å². The number of fused-ring (bicyclic) bond motifs is 2. The fourth-order valence-electron chi connectivity index (χ4n) is 1.98. The van der Waals surface area contributed by atoms with Gasteiger partial charge in [0.2, 0.25) is 0 Å². The summed E-state index contributed by atoms with van der Waals surface area (Å²) in [6.07, 6.45) is 0. The molecule has 0 radical (unpaired) electrons. The maximum absolute atomic E-state index is 11.6. The molecule has 0 unspecified atom stereocenters. The molecule has 0 aliphatic heterocycles. The Morgan fingerprint density at radius 2 is 1.85 bits per heavy atom. The van der Waals surface area contributed by atoms with Crippen LogP contribution in [-0.4, -0.2) is 31.0 Å². The van der Waals surface area contributed by atoms with Gasteiger partial charge in [-0.2, -0.15) is 0 Å². The van der Waals surface area contributed by atoms with Crippen LogP contribution in [-0.2, 0) is 0 Å². The minimum Gasteiger partial charge on any atom is -0.478 e. The second kappa shape index (κ2) is 3.98. The highest BCUT2D eigenvalue weighted by Crippen LogP contribution is 2.18. The first kappa shape index (κ1) is 12.0. The lowest BCUT2D eigenvalue weighted by Gasteiger charge is -2.04. The Labute approximate surface area is 110 Å². The Balaban J connectivity index is 2.48. The number of carboxylic acids is 1. The lowest BCUT2D eigenvalue weighted by atomic mass is 10.1. The number of hydrogen-bond donors (Lipinski definition) is 3. The van der Waals surface area contributed by atoms with Crippen LogP contribution in [0, 0.1) is 6.92 Å². The van der Waals surface area contributed by atoms with Crippen LogP contribution in [0.5, 0.6) is 0 Å². The van der Waals surface area contributed by atoms with E-state index in [1.807, 2.05) is 4.98 Å². The second-order valence-corrected chi connectivity index (χ2v) is 4.29. The molecule has 8 nitrogen and oxygen atoms in total. The molecule has 100 valence electrons. The maximum atomic E-state index is 11.6. The molecule has 0 aliphatic rings. The molecule has 0 bridgehead atoms. The molecule has 1 aromatic carbocycles. The number of aryl methyl sites for hydroxylation is 1. The van der Waals surface area contributed by atoms with E-state index in [1.54, 1.807) is 13.0 Å². The van der Waals surface area contributed by atoms with E-state index < -0.39 is 17.2 Å². The summed E-state index contributed by atoms with van der Waals surface area (Å²) in [5, 5.41) is 9.07. The van der Waals surface area contributed by atoms with Gasteiger partial charge >= 0.3 is 11.7 Å². The third-order valence-corrected chi connectivity index (χ3v) is 2.91. The van der Waals surface area contributed by atoms with Crippen LogP contribution in [0.2, 0.25) is 0 Å². The van der Waals surface area contributed by atoms with Crippen LogP contribution < -0.4 is 11.2 Å². The lowest BCUT2D eigenvalue weighted by molar-refractivity contribution is 0.0696. The van der Waals surface area contributed by atoms with Crippen molar-refractivity contribution in [2.75, 3.05) is 0 Å². The average molecular weight is 272 g/mol. The summed E-state index contributed by atoms with van der Waals surface area (Å²) in [4.78, 5) is 46.5. The summed E-state index contributed by atoms with van der Waals surface area (Å²) in [5.74, 6) is -1.08. The molecule has 0 spiro atoms. The smallest absolute Gasteiger partial charge is 0.336 e. The Kier molecular flexibility index (Phi) is 2.40. The van der Waals surface area contributed by atoms with E-state index in [2.05, 4.69) is 15.0 Å². The first-order valence-corrected chi connectivity index (χ1v) is 5.64. The van der Waals surface area contributed by atoms with Crippen molar-refractivity contribution in [3.8, 4) is 0 Å². The topological polar surface area (TPSA) is 129 Å². The first-order valence-electron chi connectivity index (χ1n) is 5.64. The average Bonchev–Trinajstić information content (AvgIpc) is 2.35. The van der Waals surface area contributed by atoms with Crippen LogP contribution in [0.3, 0.4) is 0 Å². The largest absolute Gasteiger partial charge is 0.478 e. The molecule has 0 saturated heterocycles. The highest BCUT2D eigenvalue weighted by atomic mass is 16.4. The number of aromatic amines is 2. The summed E-state index contributed by atoms with van der Waals surface area (Å²) < 4.78 is 0. The molecular formula is C12H8N4O4. The van der Waals surface area contributed by atoms with Crippen molar-refractivity contribution in [1.29, 1.82) is 0 Å². The Morgan fingerprint density at radius 3 is 2.55 bits per heavy atom. The highest BCUT2D eigenvalue weighted by molar-refractivity contribution is 5.95. The van der Waals surface area contributed by atoms with E-state index in [4.69, 9.17) is 5.11 Å². The van der Waals surface area contributed by atoms with E-state index in [-0.39, 0.29) is 22.2 Å². The summed E-state index contributed by atoms with van der Waals surface area (Å²) in [7, 11) is 0. The van der Waals surface area contributed by atoms with Crippen molar-refractivity contribution in [2.45, 2.75) is 6.92 Å². The normalized spacial score (nSPS) is 11.1. The summed E-state index contributed by atoms with van der Waals surface area (Å²) in [6.45, 7) is 1.63. The number of aromatic carboxylic acids is 1. The molecule has 8 heteroatoms. The maximum Gasteiger partial charge on any atom is 0.336 e. The van der Waals surface area contributed by atoms with Crippen molar-refractivity contribution in [3.63, 3.8) is 0 Å². The molecule has 3 N–H and O–H groups in total. The Bertz CT molecular complexity index is 986. The van der Waals surface area contributed by atoms with Crippen LogP contribution in [0.15, 0.2) is 21.7 Å². The zero-order valence-electron chi connectivity index (χ0n) is 10.2. The summed E-state index contributed by atoms with van der Waals surface area (Å²) >= 11 is 0. The van der Waals surface area contributed by atoms with Gasteiger partial charge in [-0.1, -0.05) is 0 Å². The van der Waals surface area contributed by atoms with Gasteiger partial charge in [-0.25, -0.2) is 19.6 Å². The van der Waals surface area contributed by atoms with E-state index in [1.165, 1.54) is 6.07 Å². The number of nitrogens with zero attached hydrogens (tertiary/aromatic N) is 2. The van der Waals surface area contributed by atoms with Gasteiger partial charge in [0.15, 0.2) is 11.2 Å². The predicted molar refractivity (Wildman–Crippen MR) is 70.0 cm³/mol. The minimum atomic E-state index is -1.08. The molecule has 0 fully saturated rings. The van der Waals surface area contributed by atoms with Gasteiger partial charge in [0.25, 0.3) is 5.56 Å². The van der Waals surface area contributed by atoms with Crippen molar-refractivity contribution in [1.82, 2.24) is 19.9 Å². The first-order chi connectivity index (χ1) is 9.45. The number of rotatable bonds is 1. The van der Waals surface area contributed by atoms with Gasteiger partial charge in [-0.05, 0) is 24.6 Å². The number of aromatic nitrogens is 4. The van der Waals surface area contributed by atoms with E-state index in [9.17, 15) is 14.4 Å². The van der Waals surface area contributed by atoms with Gasteiger partial charge in [0.05, 0.1) is 16.6 Å². The molecule has 20 heavy (non-hydrogen) atoms. The molecule has 0 atom stereocenters. The molecule has 3 rings (SSSR count). The van der Waals surface area contributed by atoms with Crippen molar-refractivity contribution >= 4 is 28.2 Å². The van der Waals surface area contributed by atoms with Crippen LogP contribution >= 0.6 is 0 Å². The molecule has 3 aromatic rings. The van der Waals surface area contributed by atoms with Gasteiger partial charge in [0, 0.05) is 0 Å². The third-order valence-electron chi connectivity index (χ3n) is 2.91. The molecular weight excluding hydrogens is 264 g/mol. The van der Waals surface area contributed by atoms with Crippen molar-refractivity contribution in [2.24, 2.45) is 0 Å². The quantitative estimate of drug-likeness (QED) is 0.541. The van der Waals surface area contributed by atoms with Crippen LogP contribution in [0.1, 0.15) is 15.9 Å². The van der Waals surface area contributed by atoms with Crippen molar-refractivity contribution in [3.05, 3.63) is 44.1 Å². The third kappa shape index (κ3) is 1.74. The van der Waals surface area contributed by atoms with E-state index >= 15 is 0 Å². The zero-order chi connectivity index (χ0) is 14.4. The predicted octanol–water partition coefficient (Wildman–Crippen LogP) is 0.166. The van der Waals surface area contributed by atoms with Crippen molar-refractivity contribution < 1.29 is 9.90 Å². The summed E-state index contributed by atoms with van der Waals surface area (Å²) in [5.41, 5.74) is -0.0335. The number of carboxylic acid groups (broad SMARTS) is 1. The van der Waals surface area contributed by atoms with Gasteiger partial charge < -0.3 is 5.11 Å². The number of nitrogens with one attached hydrogen (secondary N) is 2. The van der Waals surface area contributed by atoms with Gasteiger partial charge in [-0.3, -0.25) is 14.8 Å². The Hall–Kier alpha value is -3.03. The molecule has 2 aromatic heterocycles. The highest BCUT2D eigenvalue weighted by Gasteiger charge is 2.12. The summed E-state index contributed by atoms with van der Waals surface area (Å²) in [6, 6.07) is 2.90. The molecule has 0 amide bonds. The van der Waals surface area contributed by atoms with E-state index in [0.717, 1.165) is 0 Å². The second-order valence-electron chi connectivity index (χ2n) is 4.29. The van der Waals surface area contributed by atoms with Crippen LogP contribution in [0.25, 0.3) is 22.2 Å². The minimum absolute atomic E-state index is 0.0442. The lowest BCUT2D eigenvalue weighted by Crippen LogP contribution is -2.23. The SMILES string of the molecule is Cc1cc2nc3[nH]c(=O)[nH]c(=O)c3nc2cc1C(=O)O. The standard InChI is InChI=1S/C12H8N4O4/c1-4-2-6-7(3-5(4)11(18)19)13-8-9(14-6)15-12(20)16-10(8)17/h2-3H,1H3,(H,18,19)(H2,14,15,16,17,20). The van der Waals surface area contributed by atoms with Crippen LogP contribution in [0.4, 0.5) is 0 Å². The number of carbonyl (C=O) groups is 1.